The molecule has 0 spiro atoms. The third-order valence-corrected chi connectivity index (χ3v) is 7.81. The summed E-state index contributed by atoms with van der Waals surface area (Å²) in [6.07, 6.45) is -1.33. The van der Waals surface area contributed by atoms with Crippen molar-refractivity contribution in [2.45, 2.75) is 38.4 Å². The molecule has 3 aromatic carbocycles. The smallest absolute Gasteiger partial charge is 0.453 e. The van der Waals surface area contributed by atoms with Crippen molar-refractivity contribution in [3.8, 4) is 34.5 Å². The molecule has 0 aliphatic carbocycles. The Bertz CT molecular complexity index is 1760. The number of nitrogens with zero attached hydrogens (tertiary/aromatic N) is 1. The number of carbonyl (C=O) groups excluding carboxylic acids is 1. The lowest BCUT2D eigenvalue weighted by Crippen LogP contribution is -2.25. The van der Waals surface area contributed by atoms with E-state index < -0.39 is 29.1 Å². The summed E-state index contributed by atoms with van der Waals surface area (Å²) in [5.74, 6) is -2.95. The van der Waals surface area contributed by atoms with Gasteiger partial charge < -0.3 is 28.1 Å². The lowest BCUT2D eigenvalue weighted by Gasteiger charge is -2.22. The van der Waals surface area contributed by atoms with E-state index in [1.165, 1.54) is 69.9 Å². The molecule has 0 amide bonds. The monoisotopic (exact) mass is 661 g/mol. The Labute approximate surface area is 267 Å². The van der Waals surface area contributed by atoms with Gasteiger partial charge in [-0.1, -0.05) is 24.4 Å². The minimum atomic E-state index is -5.10. The second kappa shape index (κ2) is 13.9. The first-order chi connectivity index (χ1) is 22.0. The Kier molecular flexibility index (Phi) is 9.97. The van der Waals surface area contributed by atoms with Crippen LogP contribution in [0.25, 0.3) is 11.0 Å². The number of fused-ring (bicyclic) bond motifs is 1. The van der Waals surface area contributed by atoms with Crippen LogP contribution < -0.4 is 29.1 Å². The molecule has 0 N–H and O–H groups in total. The predicted octanol–water partition coefficient (Wildman–Crippen LogP) is 7.88. The van der Waals surface area contributed by atoms with E-state index in [1.54, 1.807) is 0 Å². The Morgan fingerprint density at radius 1 is 0.870 bits per heavy atom. The van der Waals surface area contributed by atoms with Gasteiger partial charge in [-0.05, 0) is 74.5 Å². The van der Waals surface area contributed by atoms with E-state index in [9.17, 15) is 22.8 Å². The molecule has 1 aliphatic heterocycles. The van der Waals surface area contributed by atoms with Gasteiger partial charge in [-0.2, -0.15) is 13.2 Å². The summed E-state index contributed by atoms with van der Waals surface area (Å²) in [5, 5.41) is 0.162. The number of rotatable bonds is 9. The Hall–Kier alpha value is -4.42. The lowest BCUT2D eigenvalue weighted by atomic mass is 10.1. The summed E-state index contributed by atoms with van der Waals surface area (Å²) < 4.78 is 76.1. The average Bonchev–Trinajstić information content (AvgIpc) is 3.31. The molecular weight excluding hydrogens is 631 g/mol. The van der Waals surface area contributed by atoms with Gasteiger partial charge in [-0.15, -0.1) is 0 Å². The van der Waals surface area contributed by atoms with Crippen molar-refractivity contribution in [1.29, 1.82) is 0 Å². The first-order valence-corrected chi connectivity index (χ1v) is 14.8. The second-order valence-electron chi connectivity index (χ2n) is 10.6. The summed E-state index contributed by atoms with van der Waals surface area (Å²) >= 11 is 5.90. The van der Waals surface area contributed by atoms with Crippen LogP contribution >= 0.6 is 11.6 Å². The maximum atomic E-state index is 14.4. The van der Waals surface area contributed by atoms with Crippen molar-refractivity contribution < 1.29 is 46.1 Å². The number of methoxy groups -OCH3 is 3. The molecule has 0 atom stereocenters. The fourth-order valence-electron chi connectivity index (χ4n) is 5.30. The fraction of sp³-hybridized carbons (Fsp3) is 0.333. The van der Waals surface area contributed by atoms with Crippen molar-refractivity contribution >= 4 is 28.5 Å². The van der Waals surface area contributed by atoms with E-state index in [0.717, 1.165) is 25.7 Å². The average molecular weight is 662 g/mol. The highest BCUT2D eigenvalue weighted by Crippen LogP contribution is 2.42. The van der Waals surface area contributed by atoms with Gasteiger partial charge in [0.2, 0.25) is 16.9 Å². The molecule has 244 valence electrons. The van der Waals surface area contributed by atoms with Crippen LogP contribution in [0.15, 0.2) is 57.7 Å². The molecule has 0 unspecified atom stereocenters. The van der Waals surface area contributed by atoms with Crippen molar-refractivity contribution in [2.75, 3.05) is 34.4 Å². The second-order valence-corrected chi connectivity index (χ2v) is 11.0. The van der Waals surface area contributed by atoms with Crippen molar-refractivity contribution in [1.82, 2.24) is 4.90 Å². The number of likely N-dealkylation sites (tertiary alicyclic amines) is 1. The molecule has 1 fully saturated rings. The van der Waals surface area contributed by atoms with Crippen LogP contribution in [0, 0.1) is 0 Å². The number of hydrogen-bond donors (Lipinski definition) is 0. The fourth-order valence-corrected chi connectivity index (χ4v) is 5.43. The van der Waals surface area contributed by atoms with E-state index in [-0.39, 0.29) is 57.4 Å². The van der Waals surface area contributed by atoms with E-state index in [2.05, 4.69) is 0 Å². The zero-order valence-electron chi connectivity index (χ0n) is 25.3. The molecule has 9 nitrogen and oxygen atoms in total. The summed E-state index contributed by atoms with van der Waals surface area (Å²) in [5.41, 5.74) is -1.26. The molecule has 5 rings (SSSR count). The number of alkyl halides is 3. The van der Waals surface area contributed by atoms with Crippen LogP contribution in [0.3, 0.4) is 0 Å². The molecule has 2 heterocycles. The standard InChI is InChI=1S/C33H31ClF3NO8/c1-41-25-16-19(17-26(42-2)29(25)43-3)32(40)45-24-13-12-22-27(39)30(44-21-10-8-20(34)9-11-21)31(33(35,36)37)46-28(22)23(24)18-38-14-6-4-5-7-15-38/h8-13,16-17H,4-7,14-15,18H2,1-3H3. The van der Waals surface area contributed by atoms with Crippen molar-refractivity contribution in [3.63, 3.8) is 0 Å². The van der Waals surface area contributed by atoms with Crippen LogP contribution in [-0.2, 0) is 12.7 Å². The van der Waals surface area contributed by atoms with Gasteiger partial charge in [0.15, 0.2) is 11.5 Å². The van der Waals surface area contributed by atoms with Gasteiger partial charge in [0.25, 0.3) is 5.76 Å². The van der Waals surface area contributed by atoms with Crippen LogP contribution in [0.4, 0.5) is 13.2 Å². The van der Waals surface area contributed by atoms with Crippen molar-refractivity contribution in [3.05, 3.63) is 80.7 Å². The van der Waals surface area contributed by atoms with E-state index in [4.69, 9.17) is 39.7 Å². The summed E-state index contributed by atoms with van der Waals surface area (Å²) in [6.45, 7) is 1.38. The van der Waals surface area contributed by atoms with E-state index >= 15 is 0 Å². The lowest BCUT2D eigenvalue weighted by molar-refractivity contribution is -0.154. The molecule has 1 saturated heterocycles. The molecule has 4 aromatic rings. The first kappa shape index (κ1) is 33.0. The molecule has 1 aromatic heterocycles. The Balaban J connectivity index is 1.65. The first-order valence-electron chi connectivity index (χ1n) is 14.4. The molecule has 0 radical (unpaired) electrons. The normalized spacial score (nSPS) is 14.1. The van der Waals surface area contributed by atoms with Gasteiger partial charge in [-0.25, -0.2) is 4.79 Å². The molecule has 0 bridgehead atoms. The van der Waals surface area contributed by atoms with Crippen LogP contribution in [0.2, 0.25) is 5.02 Å². The van der Waals surface area contributed by atoms with E-state index in [0.29, 0.717) is 18.1 Å². The number of ether oxygens (including phenoxy) is 5. The molecule has 46 heavy (non-hydrogen) atoms. The number of carbonyl (C=O) groups is 1. The van der Waals surface area contributed by atoms with Crippen LogP contribution in [0.5, 0.6) is 34.5 Å². The third-order valence-electron chi connectivity index (χ3n) is 7.55. The topological polar surface area (TPSA) is 96.7 Å². The minimum absolute atomic E-state index is 0.0273. The van der Waals surface area contributed by atoms with Gasteiger partial charge in [0, 0.05) is 11.6 Å². The zero-order chi connectivity index (χ0) is 33.0. The summed E-state index contributed by atoms with van der Waals surface area (Å²) in [6, 6.07) is 10.9. The van der Waals surface area contributed by atoms with Crippen LogP contribution in [0.1, 0.15) is 47.4 Å². The summed E-state index contributed by atoms with van der Waals surface area (Å²) in [7, 11) is 4.19. The molecule has 13 heteroatoms. The van der Waals surface area contributed by atoms with Crippen molar-refractivity contribution in [2.24, 2.45) is 0 Å². The number of benzene rings is 3. The highest BCUT2D eigenvalue weighted by Gasteiger charge is 2.41. The largest absolute Gasteiger partial charge is 0.493 e. The highest BCUT2D eigenvalue weighted by atomic mass is 35.5. The van der Waals surface area contributed by atoms with E-state index in [1.807, 2.05) is 4.90 Å². The minimum Gasteiger partial charge on any atom is -0.493 e. The maximum Gasteiger partial charge on any atom is 0.453 e. The molecular formula is C33H31ClF3NO8. The zero-order valence-corrected chi connectivity index (χ0v) is 26.0. The number of halogens is 4. The quantitative estimate of drug-likeness (QED) is 0.131. The molecule has 1 aliphatic rings. The van der Waals surface area contributed by atoms with Gasteiger partial charge >= 0.3 is 12.1 Å². The van der Waals surface area contributed by atoms with Gasteiger partial charge in [0.05, 0.1) is 37.8 Å². The summed E-state index contributed by atoms with van der Waals surface area (Å²) in [4.78, 5) is 29.2. The number of hydrogen-bond acceptors (Lipinski definition) is 9. The van der Waals surface area contributed by atoms with Crippen LogP contribution in [-0.4, -0.2) is 45.3 Å². The third kappa shape index (κ3) is 7.02. The van der Waals surface area contributed by atoms with Gasteiger partial charge in [0.1, 0.15) is 17.1 Å². The maximum absolute atomic E-state index is 14.4. The Morgan fingerprint density at radius 3 is 2.07 bits per heavy atom. The predicted molar refractivity (Wildman–Crippen MR) is 164 cm³/mol. The van der Waals surface area contributed by atoms with Gasteiger partial charge in [-0.3, -0.25) is 9.69 Å². The molecule has 0 saturated carbocycles. The highest BCUT2D eigenvalue weighted by molar-refractivity contribution is 6.30. The SMILES string of the molecule is COc1cc(C(=O)Oc2ccc3c(=O)c(Oc4ccc(Cl)cc4)c(C(F)(F)F)oc3c2CN2CCCCCC2)cc(OC)c1OC. The number of esters is 1. The Morgan fingerprint density at radius 2 is 1.50 bits per heavy atom.